The highest BCUT2D eigenvalue weighted by Crippen LogP contribution is 2.33. The first kappa shape index (κ1) is 12.1. The van der Waals surface area contributed by atoms with Gasteiger partial charge in [0.25, 0.3) is 11.8 Å². The minimum Gasteiger partial charge on any atom is -0.397 e. The second-order valence-corrected chi connectivity index (χ2v) is 5.35. The fourth-order valence-corrected chi connectivity index (χ4v) is 2.24. The first-order valence-electron chi connectivity index (χ1n) is 5.37. The molecule has 5 heteroatoms. The molecule has 4 nitrogen and oxygen atoms in total. The summed E-state index contributed by atoms with van der Waals surface area (Å²) in [6.45, 7) is 4.34. The lowest BCUT2D eigenvalue weighted by Gasteiger charge is -2.15. The van der Waals surface area contributed by atoms with Crippen molar-refractivity contribution in [3.05, 3.63) is 27.7 Å². The molecular weight excluding hydrogens is 284 g/mol. The number of nitrogens with zero attached hydrogens (tertiary/aromatic N) is 1. The van der Waals surface area contributed by atoms with Crippen molar-refractivity contribution in [3.8, 4) is 0 Å². The van der Waals surface area contributed by atoms with E-state index in [2.05, 4.69) is 15.9 Å². The van der Waals surface area contributed by atoms with E-state index >= 15 is 0 Å². The summed E-state index contributed by atoms with van der Waals surface area (Å²) in [5.74, 6) is -0.308. The Kier molecular flexibility index (Phi) is 2.95. The van der Waals surface area contributed by atoms with Gasteiger partial charge >= 0.3 is 0 Å². The number of imide groups is 1. The quantitative estimate of drug-likeness (QED) is 0.673. The van der Waals surface area contributed by atoms with Gasteiger partial charge in [0.1, 0.15) is 0 Å². The molecule has 0 saturated heterocycles. The van der Waals surface area contributed by atoms with Gasteiger partial charge < -0.3 is 5.73 Å². The lowest BCUT2D eigenvalue weighted by atomic mass is 10.1. The van der Waals surface area contributed by atoms with Crippen molar-refractivity contribution in [2.75, 3.05) is 12.3 Å². The molecule has 1 aromatic carbocycles. The zero-order valence-electron chi connectivity index (χ0n) is 9.66. The van der Waals surface area contributed by atoms with Gasteiger partial charge in [-0.1, -0.05) is 13.8 Å². The van der Waals surface area contributed by atoms with E-state index in [1.165, 1.54) is 4.90 Å². The van der Waals surface area contributed by atoms with Crippen molar-refractivity contribution in [2.24, 2.45) is 5.92 Å². The average molecular weight is 297 g/mol. The van der Waals surface area contributed by atoms with Crippen LogP contribution >= 0.6 is 15.9 Å². The van der Waals surface area contributed by atoms with E-state index in [-0.39, 0.29) is 17.7 Å². The number of hydrogen-bond donors (Lipinski definition) is 1. The van der Waals surface area contributed by atoms with Crippen LogP contribution < -0.4 is 5.73 Å². The summed E-state index contributed by atoms with van der Waals surface area (Å²) in [5, 5.41) is 0. The van der Waals surface area contributed by atoms with Gasteiger partial charge in [-0.05, 0) is 34.0 Å². The fraction of sp³-hybridized carbons (Fsp3) is 0.333. The zero-order chi connectivity index (χ0) is 12.7. The molecule has 1 aromatic rings. The van der Waals surface area contributed by atoms with E-state index in [1.54, 1.807) is 12.1 Å². The van der Waals surface area contributed by atoms with E-state index < -0.39 is 0 Å². The summed E-state index contributed by atoms with van der Waals surface area (Å²) in [7, 11) is 0. The Labute approximate surface area is 108 Å². The Morgan fingerprint density at radius 3 is 2.53 bits per heavy atom. The number of nitrogen functional groups attached to an aromatic ring is 1. The Balaban J connectivity index is 2.50. The molecule has 0 fully saturated rings. The Morgan fingerprint density at radius 1 is 1.29 bits per heavy atom. The molecule has 1 aliphatic heterocycles. The van der Waals surface area contributed by atoms with Crippen LogP contribution in [0.5, 0.6) is 0 Å². The number of nitrogens with two attached hydrogens (primary N) is 1. The predicted octanol–water partition coefficient (Wildman–Crippen LogP) is 2.28. The smallest absolute Gasteiger partial charge is 0.263 e. The van der Waals surface area contributed by atoms with Crippen LogP contribution in [0, 0.1) is 5.92 Å². The number of anilines is 1. The molecule has 0 saturated carbocycles. The number of amides is 2. The van der Waals surface area contributed by atoms with E-state index in [0.29, 0.717) is 27.8 Å². The number of hydrogen-bond acceptors (Lipinski definition) is 3. The van der Waals surface area contributed by atoms with Crippen LogP contribution in [0.4, 0.5) is 5.69 Å². The fourth-order valence-electron chi connectivity index (χ4n) is 1.91. The van der Waals surface area contributed by atoms with Crippen molar-refractivity contribution in [1.29, 1.82) is 0 Å². The Bertz CT molecular complexity index is 511. The highest BCUT2D eigenvalue weighted by atomic mass is 79.9. The lowest BCUT2D eigenvalue weighted by Crippen LogP contribution is -2.33. The minimum atomic E-state index is -0.294. The summed E-state index contributed by atoms with van der Waals surface area (Å²) in [6.07, 6.45) is 0. The summed E-state index contributed by atoms with van der Waals surface area (Å²) in [4.78, 5) is 25.4. The maximum Gasteiger partial charge on any atom is 0.263 e. The number of carbonyl (C=O) groups excluding carboxylic acids is 2. The molecule has 0 spiro atoms. The molecule has 0 aromatic heterocycles. The van der Waals surface area contributed by atoms with E-state index in [9.17, 15) is 9.59 Å². The summed E-state index contributed by atoms with van der Waals surface area (Å²) >= 11 is 3.26. The van der Waals surface area contributed by atoms with Gasteiger partial charge in [-0.25, -0.2) is 0 Å². The molecule has 0 aliphatic carbocycles. The predicted molar refractivity (Wildman–Crippen MR) is 68.8 cm³/mol. The Morgan fingerprint density at radius 2 is 1.94 bits per heavy atom. The second kappa shape index (κ2) is 4.14. The SMILES string of the molecule is CC(C)CN1C(=O)c2ccc(Br)c(N)c2C1=O. The summed E-state index contributed by atoms with van der Waals surface area (Å²) < 4.78 is 0.642. The van der Waals surface area contributed by atoms with Crippen molar-refractivity contribution >= 4 is 33.4 Å². The van der Waals surface area contributed by atoms with Crippen LogP contribution in [0.15, 0.2) is 16.6 Å². The van der Waals surface area contributed by atoms with Crippen LogP contribution in [0.2, 0.25) is 0 Å². The van der Waals surface area contributed by atoms with Crippen molar-refractivity contribution in [1.82, 2.24) is 4.90 Å². The van der Waals surface area contributed by atoms with Crippen LogP contribution in [-0.2, 0) is 0 Å². The normalized spacial score (nSPS) is 14.7. The van der Waals surface area contributed by atoms with Gasteiger partial charge in [-0.15, -0.1) is 0 Å². The number of rotatable bonds is 2. The van der Waals surface area contributed by atoms with Gasteiger partial charge in [-0.3, -0.25) is 14.5 Å². The van der Waals surface area contributed by atoms with Crippen LogP contribution in [0.25, 0.3) is 0 Å². The van der Waals surface area contributed by atoms with Gasteiger partial charge in [-0.2, -0.15) is 0 Å². The molecule has 0 unspecified atom stereocenters. The molecule has 2 amide bonds. The Hall–Kier alpha value is -1.36. The number of halogens is 1. The molecule has 0 atom stereocenters. The molecule has 17 heavy (non-hydrogen) atoms. The zero-order valence-corrected chi connectivity index (χ0v) is 11.2. The van der Waals surface area contributed by atoms with Gasteiger partial charge in [0.05, 0.1) is 16.8 Å². The van der Waals surface area contributed by atoms with Crippen LogP contribution in [0.1, 0.15) is 34.6 Å². The van der Waals surface area contributed by atoms with Crippen molar-refractivity contribution in [3.63, 3.8) is 0 Å². The van der Waals surface area contributed by atoms with Gasteiger partial charge in [0.15, 0.2) is 0 Å². The maximum absolute atomic E-state index is 12.1. The standard InChI is InChI=1S/C12H13BrN2O2/c1-6(2)5-15-11(16)7-3-4-8(13)10(14)9(7)12(15)17/h3-4,6H,5,14H2,1-2H3. The topological polar surface area (TPSA) is 63.4 Å². The number of benzene rings is 1. The molecular formula is C12H13BrN2O2. The van der Waals surface area contributed by atoms with E-state index in [0.717, 1.165) is 0 Å². The third-order valence-corrected chi connectivity index (χ3v) is 3.37. The molecule has 90 valence electrons. The largest absolute Gasteiger partial charge is 0.397 e. The molecule has 2 N–H and O–H groups in total. The first-order valence-corrected chi connectivity index (χ1v) is 6.17. The minimum absolute atomic E-state index is 0.238. The molecule has 2 rings (SSSR count). The van der Waals surface area contributed by atoms with Crippen molar-refractivity contribution < 1.29 is 9.59 Å². The number of fused-ring (bicyclic) bond motifs is 1. The maximum atomic E-state index is 12.1. The average Bonchev–Trinajstić information content (AvgIpc) is 2.48. The summed E-state index contributed by atoms with van der Waals surface area (Å²) in [5.41, 5.74) is 6.90. The first-order chi connectivity index (χ1) is 7.93. The highest BCUT2D eigenvalue weighted by molar-refractivity contribution is 9.10. The second-order valence-electron chi connectivity index (χ2n) is 4.50. The lowest BCUT2D eigenvalue weighted by molar-refractivity contribution is 0.0636. The molecule has 0 radical (unpaired) electrons. The monoisotopic (exact) mass is 296 g/mol. The van der Waals surface area contributed by atoms with Crippen molar-refractivity contribution in [2.45, 2.75) is 13.8 Å². The van der Waals surface area contributed by atoms with Gasteiger partial charge in [0.2, 0.25) is 0 Å². The highest BCUT2D eigenvalue weighted by Gasteiger charge is 2.37. The number of carbonyl (C=O) groups is 2. The van der Waals surface area contributed by atoms with Crippen LogP contribution in [0.3, 0.4) is 0 Å². The molecule has 0 bridgehead atoms. The third-order valence-electron chi connectivity index (χ3n) is 2.67. The summed E-state index contributed by atoms with van der Waals surface area (Å²) in [6, 6.07) is 3.33. The van der Waals surface area contributed by atoms with Gasteiger partial charge in [0, 0.05) is 11.0 Å². The van der Waals surface area contributed by atoms with E-state index in [4.69, 9.17) is 5.73 Å². The molecule has 1 heterocycles. The molecule has 1 aliphatic rings. The van der Waals surface area contributed by atoms with E-state index in [1.807, 2.05) is 13.8 Å². The van der Waals surface area contributed by atoms with Crippen LogP contribution in [-0.4, -0.2) is 23.3 Å². The third kappa shape index (κ3) is 1.84.